The molecule has 2 atom stereocenters. The zero-order valence-corrected chi connectivity index (χ0v) is 29.6. The lowest BCUT2D eigenvalue weighted by Crippen LogP contribution is -2.41. The molecule has 1 aliphatic heterocycles. The van der Waals surface area contributed by atoms with E-state index in [1.807, 2.05) is 6.07 Å². The third-order valence-corrected chi connectivity index (χ3v) is 10.7. The van der Waals surface area contributed by atoms with E-state index in [1.54, 1.807) is 11.8 Å². The Bertz CT molecular complexity index is 1770. The quantitative estimate of drug-likeness (QED) is 0.104. The van der Waals surface area contributed by atoms with Gasteiger partial charge in [0.15, 0.2) is 0 Å². The van der Waals surface area contributed by atoms with Crippen LogP contribution in [0.15, 0.2) is 161 Å². The van der Waals surface area contributed by atoms with Gasteiger partial charge in [0.05, 0.1) is 5.57 Å². The van der Waals surface area contributed by atoms with E-state index in [0.717, 1.165) is 78.2 Å². The first-order valence-corrected chi connectivity index (χ1v) is 18.5. The molecule has 6 rings (SSSR count). The summed E-state index contributed by atoms with van der Waals surface area (Å²) in [4.78, 5) is 19.2. The maximum atomic E-state index is 14.5. The number of rotatable bonds is 15. The number of hydrogen-bond acceptors (Lipinski definition) is 4. The molecule has 0 N–H and O–H groups in total. The lowest BCUT2D eigenvalue weighted by atomic mass is 9.80. The lowest BCUT2D eigenvalue weighted by molar-refractivity contribution is -0.159. The summed E-state index contributed by atoms with van der Waals surface area (Å²) in [7, 11) is 0. The Morgan fingerprint density at radius 2 is 1.27 bits per heavy atom. The zero-order valence-electron chi connectivity index (χ0n) is 28.8. The van der Waals surface area contributed by atoms with Crippen molar-refractivity contribution in [2.24, 2.45) is 0 Å². The van der Waals surface area contributed by atoms with Gasteiger partial charge < -0.3 is 9.64 Å². The molecule has 4 heteroatoms. The van der Waals surface area contributed by atoms with Gasteiger partial charge in [0.25, 0.3) is 0 Å². The first-order chi connectivity index (χ1) is 24.1. The van der Waals surface area contributed by atoms with Gasteiger partial charge in [-0.2, -0.15) is 0 Å². The average Bonchev–Trinajstić information content (AvgIpc) is 3.14. The number of aryl methyl sites for hydroxylation is 1. The van der Waals surface area contributed by atoms with Crippen LogP contribution in [0.25, 0.3) is 0 Å². The van der Waals surface area contributed by atoms with Crippen LogP contribution in [0.3, 0.4) is 0 Å². The van der Waals surface area contributed by atoms with Crippen molar-refractivity contribution in [1.29, 1.82) is 0 Å². The minimum Gasteiger partial charge on any atom is -0.455 e. The summed E-state index contributed by atoms with van der Waals surface area (Å²) in [6.45, 7) is 5.96. The molecule has 0 saturated carbocycles. The van der Waals surface area contributed by atoms with E-state index in [-0.39, 0.29) is 11.9 Å². The maximum Gasteiger partial charge on any atom is 0.336 e. The van der Waals surface area contributed by atoms with Gasteiger partial charge >= 0.3 is 5.97 Å². The molecule has 3 nitrogen and oxygen atoms in total. The van der Waals surface area contributed by atoms with Crippen molar-refractivity contribution >= 4 is 23.4 Å². The smallest absolute Gasteiger partial charge is 0.336 e. The largest absolute Gasteiger partial charge is 0.455 e. The van der Waals surface area contributed by atoms with E-state index in [9.17, 15) is 4.79 Å². The van der Waals surface area contributed by atoms with Crippen molar-refractivity contribution in [2.45, 2.75) is 81.9 Å². The average molecular weight is 666 g/mol. The molecular formula is C45H47NO2S. The summed E-state index contributed by atoms with van der Waals surface area (Å²) in [5, 5.41) is 0. The van der Waals surface area contributed by atoms with Crippen LogP contribution in [-0.2, 0) is 29.0 Å². The summed E-state index contributed by atoms with van der Waals surface area (Å²) < 4.78 is 6.64. The molecule has 5 aromatic rings. The van der Waals surface area contributed by atoms with Gasteiger partial charge in [0, 0.05) is 40.9 Å². The van der Waals surface area contributed by atoms with Gasteiger partial charge in [-0.15, -0.1) is 0 Å². The molecule has 0 saturated heterocycles. The highest BCUT2D eigenvalue weighted by molar-refractivity contribution is 8.03. The van der Waals surface area contributed by atoms with Crippen LogP contribution in [0, 0.1) is 0 Å². The van der Waals surface area contributed by atoms with Gasteiger partial charge in [-0.05, 0) is 72.2 Å². The van der Waals surface area contributed by atoms with Crippen molar-refractivity contribution in [3.63, 3.8) is 0 Å². The van der Waals surface area contributed by atoms with E-state index in [2.05, 4.69) is 158 Å². The first-order valence-electron chi connectivity index (χ1n) is 17.7. The van der Waals surface area contributed by atoms with Crippen LogP contribution in [0.1, 0.15) is 74.1 Å². The molecule has 1 aliphatic rings. The number of thioether (sulfide) groups is 1. The summed E-state index contributed by atoms with van der Waals surface area (Å²) in [6.07, 6.45) is 5.03. The van der Waals surface area contributed by atoms with Gasteiger partial charge in [-0.25, -0.2) is 4.79 Å². The molecule has 0 aromatic heterocycles. The molecule has 5 aromatic carbocycles. The van der Waals surface area contributed by atoms with E-state index >= 15 is 0 Å². The topological polar surface area (TPSA) is 29.5 Å². The number of anilines is 1. The number of cyclic esters (lactones) is 1. The van der Waals surface area contributed by atoms with Crippen molar-refractivity contribution in [1.82, 2.24) is 0 Å². The van der Waals surface area contributed by atoms with Crippen molar-refractivity contribution in [3.8, 4) is 0 Å². The van der Waals surface area contributed by atoms with E-state index in [0.29, 0.717) is 0 Å². The van der Waals surface area contributed by atoms with Crippen LogP contribution >= 0.6 is 11.8 Å². The Kier molecular flexibility index (Phi) is 11.7. The first kappa shape index (κ1) is 34.3. The SMILES string of the molecule is CCC[C@]1(CCc2ccccc2)CC(Sc2ccccc2)=C([C@@H](CC)c2cccc(N(Cc3ccccc3)Cc3ccccc3)c2)C(=O)O1. The van der Waals surface area contributed by atoms with Gasteiger partial charge in [0.1, 0.15) is 5.60 Å². The molecule has 0 aliphatic carbocycles. The van der Waals surface area contributed by atoms with Crippen LogP contribution in [0.5, 0.6) is 0 Å². The number of carbonyl (C=O) groups is 1. The summed E-state index contributed by atoms with van der Waals surface area (Å²) >= 11 is 1.75. The minimum atomic E-state index is -0.523. The molecular weight excluding hydrogens is 619 g/mol. The molecule has 0 bridgehead atoms. The normalized spacial score (nSPS) is 16.7. The number of ether oxygens (including phenoxy) is 1. The van der Waals surface area contributed by atoms with Crippen LogP contribution in [-0.4, -0.2) is 11.6 Å². The number of hydrogen-bond donors (Lipinski definition) is 0. The van der Waals surface area contributed by atoms with Crippen LogP contribution in [0.2, 0.25) is 0 Å². The van der Waals surface area contributed by atoms with Crippen LogP contribution < -0.4 is 4.90 Å². The third kappa shape index (κ3) is 8.93. The lowest BCUT2D eigenvalue weighted by Gasteiger charge is -2.40. The second-order valence-corrected chi connectivity index (χ2v) is 14.3. The fourth-order valence-corrected chi connectivity index (χ4v) is 8.36. The Morgan fingerprint density at radius 1 is 0.694 bits per heavy atom. The molecule has 0 radical (unpaired) electrons. The van der Waals surface area contributed by atoms with Gasteiger partial charge in [-0.3, -0.25) is 0 Å². The Morgan fingerprint density at radius 3 is 1.84 bits per heavy atom. The van der Waals surface area contributed by atoms with Gasteiger partial charge in [-0.1, -0.05) is 153 Å². The summed E-state index contributed by atoms with van der Waals surface area (Å²) in [5.41, 5.74) is 6.39. The highest BCUT2D eigenvalue weighted by atomic mass is 32.2. The zero-order chi connectivity index (χ0) is 33.9. The predicted molar refractivity (Wildman–Crippen MR) is 205 cm³/mol. The highest BCUT2D eigenvalue weighted by Crippen LogP contribution is 2.48. The van der Waals surface area contributed by atoms with Crippen molar-refractivity contribution < 1.29 is 9.53 Å². The standard InChI is InChI=1S/C45H47NO2S/c1-3-29-45(30-28-35-18-9-5-10-19-35)32-42(49-40-26-15-8-16-27-40)43(44(47)48-45)41(4-2)38-24-17-25-39(31-38)46(33-36-20-11-6-12-21-36)34-37-22-13-7-14-23-37/h5-27,31,41H,3-4,28-30,32-34H2,1-2H3/t41-,45-/m0/s1. The highest BCUT2D eigenvalue weighted by Gasteiger charge is 2.43. The summed E-state index contributed by atoms with van der Waals surface area (Å²) in [6, 6.07) is 51.2. The Hall–Kier alpha value is -4.54. The molecule has 0 fully saturated rings. The molecule has 0 unspecified atom stereocenters. The van der Waals surface area contributed by atoms with E-state index in [4.69, 9.17) is 4.74 Å². The monoisotopic (exact) mass is 665 g/mol. The summed E-state index contributed by atoms with van der Waals surface area (Å²) in [5.74, 6) is -0.239. The fourth-order valence-electron chi connectivity index (χ4n) is 7.11. The maximum absolute atomic E-state index is 14.5. The number of nitrogens with zero attached hydrogens (tertiary/aromatic N) is 1. The van der Waals surface area contributed by atoms with Crippen molar-refractivity contribution in [3.05, 3.63) is 178 Å². The number of esters is 1. The van der Waals surface area contributed by atoms with Crippen molar-refractivity contribution in [2.75, 3.05) is 4.90 Å². The third-order valence-electron chi connectivity index (χ3n) is 9.54. The Balaban J connectivity index is 1.37. The number of carbonyl (C=O) groups excluding carboxylic acids is 1. The number of benzene rings is 5. The predicted octanol–water partition coefficient (Wildman–Crippen LogP) is 11.6. The fraction of sp³-hybridized carbons (Fsp3) is 0.267. The molecule has 250 valence electrons. The van der Waals surface area contributed by atoms with Gasteiger partial charge in [0.2, 0.25) is 0 Å². The molecule has 49 heavy (non-hydrogen) atoms. The van der Waals surface area contributed by atoms with E-state index < -0.39 is 5.60 Å². The van der Waals surface area contributed by atoms with Crippen LogP contribution in [0.4, 0.5) is 5.69 Å². The Labute approximate surface area is 297 Å². The second-order valence-electron chi connectivity index (χ2n) is 13.1. The minimum absolute atomic E-state index is 0.0808. The molecule has 0 amide bonds. The van der Waals surface area contributed by atoms with E-state index in [1.165, 1.54) is 16.7 Å². The second kappa shape index (κ2) is 16.7. The molecule has 0 spiro atoms. The molecule has 1 heterocycles.